The van der Waals surface area contributed by atoms with E-state index in [0.717, 1.165) is 24.1 Å². The van der Waals surface area contributed by atoms with Crippen LogP contribution in [0.5, 0.6) is 0 Å². The molecule has 0 radical (unpaired) electrons. The zero-order valence-electron chi connectivity index (χ0n) is 13.4. The minimum atomic E-state index is -0.435. The van der Waals surface area contributed by atoms with Crippen LogP contribution in [0.25, 0.3) is 11.3 Å². The van der Waals surface area contributed by atoms with Gasteiger partial charge in [-0.2, -0.15) is 5.10 Å². The Balaban J connectivity index is 1.80. The minimum Gasteiger partial charge on any atom is -0.394 e. The number of aliphatic hydroxyl groups excluding tert-OH is 1. The van der Waals surface area contributed by atoms with Gasteiger partial charge in [-0.3, -0.25) is 5.32 Å². The molecule has 2 aromatic rings. The fraction of sp³-hybridized carbons (Fsp3) is 0.412. The topological polar surface area (TPSA) is 79.2 Å². The Morgan fingerprint density at radius 2 is 2.04 bits per heavy atom. The molecule has 1 heterocycles. The van der Waals surface area contributed by atoms with Gasteiger partial charge in [0, 0.05) is 17.7 Å². The Bertz CT molecular complexity index is 690. The summed E-state index contributed by atoms with van der Waals surface area (Å²) in [5.41, 5.74) is 1.39. The number of anilines is 1. The normalized spacial score (nSPS) is 15.5. The number of hydrogen-bond donors (Lipinski definition) is 3. The Kier molecular flexibility index (Phi) is 4.09. The summed E-state index contributed by atoms with van der Waals surface area (Å²) in [5.74, 6) is 0.644. The lowest BCUT2D eigenvalue weighted by Gasteiger charge is -2.16. The number of hydrogen-bond acceptors (Lipinski definition) is 3. The molecule has 1 fully saturated rings. The van der Waals surface area contributed by atoms with Gasteiger partial charge in [-0.25, -0.2) is 9.48 Å². The van der Waals surface area contributed by atoms with Crippen molar-refractivity contribution in [2.45, 2.75) is 38.3 Å². The van der Waals surface area contributed by atoms with E-state index in [4.69, 9.17) is 0 Å². The van der Waals surface area contributed by atoms with Crippen molar-refractivity contribution in [1.29, 1.82) is 0 Å². The van der Waals surface area contributed by atoms with E-state index in [1.165, 1.54) is 0 Å². The van der Waals surface area contributed by atoms with E-state index < -0.39 is 5.54 Å². The van der Waals surface area contributed by atoms with E-state index in [1.807, 2.05) is 50.2 Å². The predicted molar refractivity (Wildman–Crippen MR) is 89.3 cm³/mol. The van der Waals surface area contributed by atoms with Gasteiger partial charge in [-0.05, 0) is 26.7 Å². The first-order chi connectivity index (χ1) is 11.0. The highest BCUT2D eigenvalue weighted by Gasteiger charge is 2.43. The molecule has 1 saturated carbocycles. The number of aliphatic hydroxyl groups is 1. The average Bonchev–Trinajstić information content (AvgIpc) is 3.18. The molecule has 0 saturated heterocycles. The molecular formula is C17H22N4O2. The SMILES string of the molecule is CC(C)n1nc(-c2ccccc2)cc1NC(=O)NC1(CO)CC1. The largest absolute Gasteiger partial charge is 0.394 e. The number of benzene rings is 1. The molecule has 0 unspecified atom stereocenters. The van der Waals surface area contributed by atoms with E-state index in [2.05, 4.69) is 15.7 Å². The van der Waals surface area contributed by atoms with Crippen LogP contribution in [-0.4, -0.2) is 33.1 Å². The van der Waals surface area contributed by atoms with E-state index in [9.17, 15) is 9.90 Å². The summed E-state index contributed by atoms with van der Waals surface area (Å²) in [7, 11) is 0. The van der Waals surface area contributed by atoms with Gasteiger partial charge in [0.1, 0.15) is 5.82 Å². The first kappa shape index (κ1) is 15.6. The lowest BCUT2D eigenvalue weighted by atomic mass is 10.2. The monoisotopic (exact) mass is 314 g/mol. The summed E-state index contributed by atoms with van der Waals surface area (Å²) in [6.45, 7) is 4.00. The zero-order valence-corrected chi connectivity index (χ0v) is 13.4. The Morgan fingerprint density at radius 1 is 1.35 bits per heavy atom. The molecule has 1 aliphatic carbocycles. The lowest BCUT2D eigenvalue weighted by molar-refractivity contribution is 0.217. The van der Waals surface area contributed by atoms with Crippen LogP contribution < -0.4 is 10.6 Å². The third kappa shape index (κ3) is 3.37. The van der Waals surface area contributed by atoms with Crippen molar-refractivity contribution < 1.29 is 9.90 Å². The molecule has 6 nitrogen and oxygen atoms in total. The summed E-state index contributed by atoms with van der Waals surface area (Å²) in [5, 5.41) is 19.6. The zero-order chi connectivity index (χ0) is 16.4. The summed E-state index contributed by atoms with van der Waals surface area (Å²) >= 11 is 0. The van der Waals surface area contributed by atoms with Crippen molar-refractivity contribution in [2.75, 3.05) is 11.9 Å². The van der Waals surface area contributed by atoms with Crippen molar-refractivity contribution in [3.8, 4) is 11.3 Å². The number of nitrogens with one attached hydrogen (secondary N) is 2. The molecule has 0 atom stereocenters. The van der Waals surface area contributed by atoms with Crippen molar-refractivity contribution in [2.24, 2.45) is 0 Å². The maximum Gasteiger partial charge on any atom is 0.320 e. The van der Waals surface area contributed by atoms with Gasteiger partial charge >= 0.3 is 6.03 Å². The molecule has 6 heteroatoms. The number of urea groups is 1. The van der Waals surface area contributed by atoms with Gasteiger partial charge in [-0.15, -0.1) is 0 Å². The van der Waals surface area contributed by atoms with Crippen LogP contribution in [0.3, 0.4) is 0 Å². The Hall–Kier alpha value is -2.34. The highest BCUT2D eigenvalue weighted by atomic mass is 16.3. The molecule has 122 valence electrons. The number of amides is 2. The second-order valence-corrected chi connectivity index (χ2v) is 6.34. The first-order valence-corrected chi connectivity index (χ1v) is 7.88. The second-order valence-electron chi connectivity index (χ2n) is 6.34. The summed E-state index contributed by atoms with van der Waals surface area (Å²) in [6, 6.07) is 11.5. The van der Waals surface area contributed by atoms with Crippen LogP contribution in [-0.2, 0) is 0 Å². The number of rotatable bonds is 5. The maximum absolute atomic E-state index is 12.2. The molecule has 23 heavy (non-hydrogen) atoms. The van der Waals surface area contributed by atoms with Gasteiger partial charge in [-0.1, -0.05) is 30.3 Å². The molecule has 3 N–H and O–H groups in total. The van der Waals surface area contributed by atoms with Crippen LogP contribution in [0, 0.1) is 0 Å². The molecule has 2 amide bonds. The number of carbonyl (C=O) groups excluding carboxylic acids is 1. The van der Waals surface area contributed by atoms with Gasteiger partial charge < -0.3 is 10.4 Å². The standard InChI is InChI=1S/C17H22N4O2/c1-12(2)21-15(18-16(23)19-17(11-22)8-9-17)10-14(20-21)13-6-4-3-5-7-13/h3-7,10,12,22H,8-9,11H2,1-2H3,(H2,18,19,23). The number of nitrogens with zero attached hydrogens (tertiary/aromatic N) is 2. The van der Waals surface area contributed by atoms with Crippen molar-refractivity contribution in [1.82, 2.24) is 15.1 Å². The summed E-state index contributed by atoms with van der Waals surface area (Å²) in [4.78, 5) is 12.2. The summed E-state index contributed by atoms with van der Waals surface area (Å²) in [6.07, 6.45) is 1.63. The fourth-order valence-electron chi connectivity index (χ4n) is 2.49. The molecule has 1 aromatic carbocycles. The molecule has 0 spiro atoms. The third-order valence-corrected chi connectivity index (χ3v) is 4.07. The van der Waals surface area contributed by atoms with E-state index in [1.54, 1.807) is 4.68 Å². The van der Waals surface area contributed by atoms with E-state index in [0.29, 0.717) is 5.82 Å². The molecule has 0 aliphatic heterocycles. The first-order valence-electron chi connectivity index (χ1n) is 7.88. The van der Waals surface area contributed by atoms with Gasteiger partial charge in [0.15, 0.2) is 0 Å². The van der Waals surface area contributed by atoms with Gasteiger partial charge in [0.25, 0.3) is 0 Å². The highest BCUT2D eigenvalue weighted by Crippen LogP contribution is 2.34. The molecule has 1 aromatic heterocycles. The number of carbonyl (C=O) groups is 1. The van der Waals surface area contributed by atoms with Crippen LogP contribution in [0.15, 0.2) is 36.4 Å². The molecular weight excluding hydrogens is 292 g/mol. The van der Waals surface area contributed by atoms with Crippen molar-refractivity contribution in [3.05, 3.63) is 36.4 Å². The van der Waals surface area contributed by atoms with E-state index >= 15 is 0 Å². The maximum atomic E-state index is 12.2. The van der Waals surface area contributed by atoms with Crippen LogP contribution in [0.1, 0.15) is 32.7 Å². The van der Waals surface area contributed by atoms with Gasteiger partial charge in [0.2, 0.25) is 0 Å². The van der Waals surface area contributed by atoms with Gasteiger partial charge in [0.05, 0.1) is 17.8 Å². The minimum absolute atomic E-state index is 0.0286. The molecule has 1 aliphatic rings. The predicted octanol–water partition coefficient (Wildman–Crippen LogP) is 2.78. The quantitative estimate of drug-likeness (QED) is 0.794. The fourth-order valence-corrected chi connectivity index (χ4v) is 2.49. The van der Waals surface area contributed by atoms with Crippen LogP contribution in [0.2, 0.25) is 0 Å². The highest BCUT2D eigenvalue weighted by molar-refractivity contribution is 5.90. The number of aromatic nitrogens is 2. The smallest absolute Gasteiger partial charge is 0.320 e. The van der Waals surface area contributed by atoms with Crippen molar-refractivity contribution in [3.63, 3.8) is 0 Å². The van der Waals surface area contributed by atoms with E-state index in [-0.39, 0.29) is 18.7 Å². The second kappa shape index (κ2) is 6.04. The Labute approximate surface area is 135 Å². The average molecular weight is 314 g/mol. The molecule has 0 bridgehead atoms. The Morgan fingerprint density at radius 3 is 2.61 bits per heavy atom. The lowest BCUT2D eigenvalue weighted by Crippen LogP contribution is -2.42. The van der Waals surface area contributed by atoms with Crippen LogP contribution in [0.4, 0.5) is 10.6 Å². The molecule has 3 rings (SSSR count). The summed E-state index contributed by atoms with van der Waals surface area (Å²) < 4.78 is 1.79. The van der Waals surface area contributed by atoms with Crippen molar-refractivity contribution >= 4 is 11.8 Å². The van der Waals surface area contributed by atoms with Crippen LogP contribution >= 0.6 is 0 Å². The third-order valence-electron chi connectivity index (χ3n) is 4.07.